The van der Waals surface area contributed by atoms with Gasteiger partial charge in [0.2, 0.25) is 0 Å². The first-order chi connectivity index (χ1) is 8.67. The lowest BCUT2D eigenvalue weighted by Crippen LogP contribution is -2.43. The molecular formula is C16H28O2. The Kier molecular flexibility index (Phi) is 3.68. The van der Waals surface area contributed by atoms with E-state index in [0.29, 0.717) is 5.92 Å². The highest BCUT2D eigenvalue weighted by molar-refractivity contribution is 4.95. The van der Waals surface area contributed by atoms with Crippen molar-refractivity contribution in [3.63, 3.8) is 0 Å². The fourth-order valence-corrected chi connectivity index (χ4v) is 4.85. The quantitative estimate of drug-likeness (QED) is 0.757. The lowest BCUT2D eigenvalue weighted by Gasteiger charge is -2.35. The second-order valence-electron chi connectivity index (χ2n) is 7.20. The zero-order valence-corrected chi connectivity index (χ0v) is 11.5. The molecule has 3 rings (SSSR count). The SMILES string of the molecule is OC(CC1CC2CCC1C2)C1(O)CCCCCC1. The van der Waals surface area contributed by atoms with E-state index in [9.17, 15) is 10.2 Å². The number of hydrogen-bond acceptors (Lipinski definition) is 2. The standard InChI is InChI=1S/C16H28O2/c17-15(16(18)7-3-1-2-4-8-16)11-14-10-12-5-6-13(14)9-12/h12-15,17-18H,1-11H2. The third-order valence-electron chi connectivity index (χ3n) is 6.00. The first-order valence-corrected chi connectivity index (χ1v) is 8.08. The lowest BCUT2D eigenvalue weighted by molar-refractivity contribution is -0.0952. The molecule has 2 N–H and O–H groups in total. The van der Waals surface area contributed by atoms with Crippen molar-refractivity contribution < 1.29 is 10.2 Å². The molecule has 2 heteroatoms. The molecule has 0 aliphatic heterocycles. The van der Waals surface area contributed by atoms with Crippen LogP contribution >= 0.6 is 0 Å². The van der Waals surface area contributed by atoms with Gasteiger partial charge in [-0.15, -0.1) is 0 Å². The molecule has 2 bridgehead atoms. The van der Waals surface area contributed by atoms with Crippen LogP contribution in [0.15, 0.2) is 0 Å². The number of fused-ring (bicyclic) bond motifs is 2. The van der Waals surface area contributed by atoms with E-state index in [-0.39, 0.29) is 0 Å². The molecule has 104 valence electrons. The van der Waals surface area contributed by atoms with Crippen molar-refractivity contribution in [3.8, 4) is 0 Å². The maximum atomic E-state index is 10.7. The molecule has 0 radical (unpaired) electrons. The molecule has 4 atom stereocenters. The molecule has 0 aromatic heterocycles. The first kappa shape index (κ1) is 12.9. The summed E-state index contributed by atoms with van der Waals surface area (Å²) in [6.45, 7) is 0. The van der Waals surface area contributed by atoms with Gasteiger partial charge < -0.3 is 10.2 Å². The largest absolute Gasteiger partial charge is 0.390 e. The Morgan fingerprint density at radius 3 is 2.28 bits per heavy atom. The molecule has 3 aliphatic carbocycles. The molecule has 4 unspecified atom stereocenters. The fraction of sp³-hybridized carbons (Fsp3) is 1.00. The molecule has 0 saturated heterocycles. The van der Waals surface area contributed by atoms with Gasteiger partial charge in [0.1, 0.15) is 0 Å². The van der Waals surface area contributed by atoms with Crippen LogP contribution in [0, 0.1) is 17.8 Å². The van der Waals surface area contributed by atoms with Crippen molar-refractivity contribution in [3.05, 3.63) is 0 Å². The second-order valence-corrected chi connectivity index (χ2v) is 7.20. The monoisotopic (exact) mass is 252 g/mol. The molecule has 3 saturated carbocycles. The molecule has 0 heterocycles. The highest BCUT2D eigenvalue weighted by Gasteiger charge is 2.43. The summed E-state index contributed by atoms with van der Waals surface area (Å²) in [6.07, 6.45) is 12.2. The van der Waals surface area contributed by atoms with E-state index in [1.165, 1.54) is 38.5 Å². The van der Waals surface area contributed by atoms with Crippen LogP contribution in [-0.2, 0) is 0 Å². The minimum Gasteiger partial charge on any atom is -0.390 e. The van der Waals surface area contributed by atoms with Gasteiger partial charge in [-0.3, -0.25) is 0 Å². The Labute approximate surface area is 111 Å². The van der Waals surface area contributed by atoms with Crippen molar-refractivity contribution in [1.29, 1.82) is 0 Å². The molecular weight excluding hydrogens is 224 g/mol. The third-order valence-corrected chi connectivity index (χ3v) is 6.00. The lowest BCUT2D eigenvalue weighted by atomic mass is 9.78. The average molecular weight is 252 g/mol. The Bertz CT molecular complexity index is 281. The van der Waals surface area contributed by atoms with Crippen LogP contribution in [-0.4, -0.2) is 21.9 Å². The van der Waals surface area contributed by atoms with Gasteiger partial charge >= 0.3 is 0 Å². The van der Waals surface area contributed by atoms with Gasteiger partial charge in [-0.1, -0.05) is 32.1 Å². The first-order valence-electron chi connectivity index (χ1n) is 8.08. The Balaban J connectivity index is 1.58. The van der Waals surface area contributed by atoms with E-state index >= 15 is 0 Å². The highest BCUT2D eigenvalue weighted by Crippen LogP contribution is 2.50. The smallest absolute Gasteiger partial charge is 0.0905 e. The number of rotatable bonds is 3. The normalized spacial score (nSPS) is 40.7. The zero-order chi connectivity index (χ0) is 12.6. The minimum absolute atomic E-state index is 0.472. The molecule has 2 nitrogen and oxygen atoms in total. The van der Waals surface area contributed by atoms with Crippen LogP contribution in [0.1, 0.15) is 70.6 Å². The summed E-state index contributed by atoms with van der Waals surface area (Å²) in [7, 11) is 0. The summed E-state index contributed by atoms with van der Waals surface area (Å²) in [5.74, 6) is 2.50. The minimum atomic E-state index is -0.766. The molecule has 0 spiro atoms. The summed E-state index contributed by atoms with van der Waals surface area (Å²) in [5.41, 5.74) is -0.766. The van der Waals surface area contributed by atoms with Gasteiger partial charge in [0, 0.05) is 0 Å². The Morgan fingerprint density at radius 1 is 1.00 bits per heavy atom. The van der Waals surface area contributed by atoms with Gasteiger partial charge in [0.05, 0.1) is 11.7 Å². The van der Waals surface area contributed by atoms with Crippen LogP contribution in [0.25, 0.3) is 0 Å². The maximum Gasteiger partial charge on any atom is 0.0905 e. The van der Waals surface area contributed by atoms with Gasteiger partial charge in [-0.2, -0.15) is 0 Å². The van der Waals surface area contributed by atoms with Crippen LogP contribution in [0.5, 0.6) is 0 Å². The Morgan fingerprint density at radius 2 is 1.72 bits per heavy atom. The van der Waals surface area contributed by atoms with Crippen LogP contribution < -0.4 is 0 Å². The molecule has 0 aromatic carbocycles. The van der Waals surface area contributed by atoms with Crippen molar-refractivity contribution in [1.82, 2.24) is 0 Å². The summed E-state index contributed by atoms with van der Waals surface area (Å²) >= 11 is 0. The number of hydrogen-bond donors (Lipinski definition) is 2. The Hall–Kier alpha value is -0.0800. The van der Waals surface area contributed by atoms with E-state index in [1.807, 2.05) is 0 Å². The second kappa shape index (κ2) is 5.13. The average Bonchev–Trinajstić information content (AvgIpc) is 2.89. The van der Waals surface area contributed by atoms with E-state index in [1.54, 1.807) is 0 Å². The highest BCUT2D eigenvalue weighted by atomic mass is 16.3. The fourth-order valence-electron chi connectivity index (χ4n) is 4.85. The summed E-state index contributed by atoms with van der Waals surface area (Å²) in [6, 6.07) is 0. The molecule has 18 heavy (non-hydrogen) atoms. The van der Waals surface area contributed by atoms with E-state index in [2.05, 4.69) is 0 Å². The van der Waals surface area contributed by atoms with Crippen LogP contribution in [0.4, 0.5) is 0 Å². The van der Waals surface area contributed by atoms with Crippen molar-refractivity contribution >= 4 is 0 Å². The maximum absolute atomic E-state index is 10.7. The summed E-state index contributed by atoms with van der Waals surface area (Å²) in [5, 5.41) is 21.2. The predicted octanol–water partition coefficient (Wildman–Crippen LogP) is 3.26. The van der Waals surface area contributed by atoms with E-state index < -0.39 is 11.7 Å². The zero-order valence-electron chi connectivity index (χ0n) is 11.5. The summed E-state index contributed by atoms with van der Waals surface area (Å²) < 4.78 is 0. The topological polar surface area (TPSA) is 40.5 Å². The summed E-state index contributed by atoms with van der Waals surface area (Å²) in [4.78, 5) is 0. The van der Waals surface area contributed by atoms with Gasteiger partial charge in [-0.25, -0.2) is 0 Å². The predicted molar refractivity (Wildman–Crippen MR) is 72.2 cm³/mol. The van der Waals surface area contributed by atoms with Crippen molar-refractivity contribution in [2.24, 2.45) is 17.8 Å². The van der Waals surface area contributed by atoms with Gasteiger partial charge in [-0.05, 0) is 56.3 Å². The molecule has 3 aliphatic rings. The molecule has 3 fully saturated rings. The van der Waals surface area contributed by atoms with Crippen LogP contribution in [0.3, 0.4) is 0 Å². The van der Waals surface area contributed by atoms with Crippen LogP contribution in [0.2, 0.25) is 0 Å². The van der Waals surface area contributed by atoms with Gasteiger partial charge in [0.15, 0.2) is 0 Å². The number of aliphatic hydroxyl groups is 2. The van der Waals surface area contributed by atoms with E-state index in [4.69, 9.17) is 0 Å². The van der Waals surface area contributed by atoms with Crippen molar-refractivity contribution in [2.75, 3.05) is 0 Å². The molecule has 0 amide bonds. The molecule has 0 aromatic rings. The van der Waals surface area contributed by atoms with Crippen molar-refractivity contribution in [2.45, 2.75) is 82.3 Å². The number of aliphatic hydroxyl groups excluding tert-OH is 1. The van der Waals surface area contributed by atoms with Gasteiger partial charge in [0.25, 0.3) is 0 Å². The van der Waals surface area contributed by atoms with E-state index in [0.717, 1.165) is 43.9 Å². The third kappa shape index (κ3) is 2.46.